The van der Waals surface area contributed by atoms with E-state index in [1.165, 1.54) is 13.1 Å². The molecule has 0 N–H and O–H groups in total. The lowest BCUT2D eigenvalue weighted by molar-refractivity contribution is -0.275. The number of aromatic nitrogens is 1. The van der Waals surface area contributed by atoms with E-state index >= 15 is 0 Å². The number of hydrogen-bond acceptors (Lipinski definition) is 5. The molecule has 0 saturated heterocycles. The summed E-state index contributed by atoms with van der Waals surface area (Å²) in [6.45, 7) is 1.55. The second kappa shape index (κ2) is 6.78. The predicted octanol–water partition coefficient (Wildman–Crippen LogP) is 3.06. The van der Waals surface area contributed by atoms with E-state index in [1.54, 1.807) is 0 Å². The number of carbonyl (C=O) groups is 1. The molecule has 5 nitrogen and oxygen atoms in total. The molecular weight excluding hydrogens is 347 g/mol. The number of rotatable bonds is 5. The molecule has 0 spiro atoms. The summed E-state index contributed by atoms with van der Waals surface area (Å²) in [5.41, 5.74) is -0.170. The molecule has 20 heavy (non-hydrogen) atoms. The highest BCUT2D eigenvalue weighted by atomic mass is 79.9. The maximum Gasteiger partial charge on any atom is 0.573 e. The van der Waals surface area contributed by atoms with Crippen LogP contribution in [0.3, 0.4) is 0 Å². The smallest absolute Gasteiger partial charge is 0.478 e. The normalized spacial score (nSPS) is 11.1. The van der Waals surface area contributed by atoms with Crippen LogP contribution in [0.5, 0.6) is 11.6 Å². The van der Waals surface area contributed by atoms with Crippen LogP contribution in [-0.4, -0.2) is 31.0 Å². The number of halogens is 4. The Hall–Kier alpha value is -1.51. The molecule has 9 heteroatoms. The molecule has 1 rings (SSSR count). The highest BCUT2D eigenvalue weighted by Crippen LogP contribution is 2.36. The summed E-state index contributed by atoms with van der Waals surface area (Å²) >= 11 is 3.06. The van der Waals surface area contributed by atoms with Gasteiger partial charge in [0.25, 0.3) is 5.88 Å². The molecule has 112 valence electrons. The Kier molecular flexibility index (Phi) is 5.61. The third-order valence-electron chi connectivity index (χ3n) is 2.11. The molecular formula is C11H11BrF3NO4. The molecule has 0 unspecified atom stereocenters. The minimum Gasteiger partial charge on any atom is -0.478 e. The van der Waals surface area contributed by atoms with Gasteiger partial charge >= 0.3 is 12.3 Å². The summed E-state index contributed by atoms with van der Waals surface area (Å²) in [6, 6.07) is 0. The van der Waals surface area contributed by atoms with Crippen LogP contribution in [0, 0.1) is 0 Å². The van der Waals surface area contributed by atoms with Crippen molar-refractivity contribution < 1.29 is 32.2 Å². The van der Waals surface area contributed by atoms with E-state index < -0.39 is 24.0 Å². The zero-order valence-electron chi connectivity index (χ0n) is 10.6. The van der Waals surface area contributed by atoms with Crippen molar-refractivity contribution in [2.45, 2.75) is 18.6 Å². The van der Waals surface area contributed by atoms with Gasteiger partial charge < -0.3 is 14.2 Å². The fourth-order valence-corrected chi connectivity index (χ4v) is 1.82. The first-order valence-corrected chi connectivity index (χ1v) is 6.50. The van der Waals surface area contributed by atoms with Gasteiger partial charge in [0.2, 0.25) is 5.75 Å². The highest BCUT2D eigenvalue weighted by molar-refractivity contribution is 9.08. The summed E-state index contributed by atoms with van der Waals surface area (Å²) < 4.78 is 50.7. The first-order chi connectivity index (χ1) is 9.34. The predicted molar refractivity (Wildman–Crippen MR) is 66.1 cm³/mol. The number of hydrogen-bond donors (Lipinski definition) is 0. The Morgan fingerprint density at radius 3 is 2.55 bits per heavy atom. The van der Waals surface area contributed by atoms with Gasteiger partial charge in [-0.15, -0.1) is 13.2 Å². The molecule has 0 bridgehead atoms. The minimum absolute atomic E-state index is 0.0106. The number of carbonyl (C=O) groups excluding carboxylic acids is 1. The van der Waals surface area contributed by atoms with Crippen molar-refractivity contribution in [2.75, 3.05) is 13.7 Å². The number of esters is 1. The number of ether oxygens (including phenoxy) is 3. The second-order valence-corrected chi connectivity index (χ2v) is 3.96. The van der Waals surface area contributed by atoms with E-state index in [4.69, 9.17) is 9.47 Å². The quantitative estimate of drug-likeness (QED) is 0.598. The fourth-order valence-electron chi connectivity index (χ4n) is 1.40. The van der Waals surface area contributed by atoms with Gasteiger partial charge in [-0.3, -0.25) is 0 Å². The van der Waals surface area contributed by atoms with Gasteiger partial charge in [0, 0.05) is 11.5 Å². The lowest BCUT2D eigenvalue weighted by Gasteiger charge is -2.16. The molecule has 0 aliphatic carbocycles. The molecule has 1 aromatic heterocycles. The molecule has 1 heterocycles. The first kappa shape index (κ1) is 16.5. The molecule has 0 radical (unpaired) electrons. The topological polar surface area (TPSA) is 57.7 Å². The minimum atomic E-state index is -4.98. The Balaban J connectivity index is 3.43. The number of nitrogens with zero attached hydrogens (tertiary/aromatic N) is 1. The Morgan fingerprint density at radius 2 is 2.10 bits per heavy atom. The molecule has 0 atom stereocenters. The van der Waals surface area contributed by atoms with E-state index in [0.29, 0.717) is 0 Å². The van der Waals surface area contributed by atoms with Crippen molar-refractivity contribution in [3.63, 3.8) is 0 Å². The van der Waals surface area contributed by atoms with Crippen LogP contribution in [0.15, 0.2) is 6.20 Å². The van der Waals surface area contributed by atoms with E-state index in [2.05, 4.69) is 25.7 Å². The molecule has 0 aromatic carbocycles. The molecule has 0 amide bonds. The monoisotopic (exact) mass is 357 g/mol. The molecule has 0 aliphatic rings. The number of pyridine rings is 1. The first-order valence-electron chi connectivity index (χ1n) is 5.38. The van der Waals surface area contributed by atoms with Crippen LogP contribution in [0.1, 0.15) is 22.8 Å². The van der Waals surface area contributed by atoms with E-state index in [-0.39, 0.29) is 23.1 Å². The summed E-state index contributed by atoms with van der Waals surface area (Å²) in [5.74, 6) is -2.20. The SMILES string of the molecule is CCOC(=O)c1c(CBr)cnc(OC)c1OC(F)(F)F. The van der Waals surface area contributed by atoms with Crippen molar-refractivity contribution in [3.8, 4) is 11.6 Å². The van der Waals surface area contributed by atoms with Crippen LogP contribution >= 0.6 is 15.9 Å². The molecule has 0 saturated carbocycles. The zero-order valence-corrected chi connectivity index (χ0v) is 12.2. The van der Waals surface area contributed by atoms with Gasteiger partial charge in [0.05, 0.1) is 13.7 Å². The average molecular weight is 358 g/mol. The molecule has 0 fully saturated rings. The Morgan fingerprint density at radius 1 is 1.45 bits per heavy atom. The summed E-state index contributed by atoms with van der Waals surface area (Å²) in [6.07, 6.45) is -3.77. The third kappa shape index (κ3) is 3.99. The van der Waals surface area contributed by atoms with Gasteiger partial charge in [0.1, 0.15) is 5.56 Å². The lowest BCUT2D eigenvalue weighted by atomic mass is 10.1. The van der Waals surface area contributed by atoms with Gasteiger partial charge in [-0.25, -0.2) is 9.78 Å². The standard InChI is InChI=1S/C11H11BrF3NO4/c1-3-19-10(17)7-6(4-12)5-16-9(18-2)8(7)20-11(13,14)15/h5H,3-4H2,1-2H3. The highest BCUT2D eigenvalue weighted by Gasteiger charge is 2.36. The third-order valence-corrected chi connectivity index (χ3v) is 2.72. The summed E-state index contributed by atoms with van der Waals surface area (Å²) in [7, 11) is 1.12. The van der Waals surface area contributed by atoms with Crippen molar-refractivity contribution >= 4 is 21.9 Å². The van der Waals surface area contributed by atoms with Crippen LogP contribution < -0.4 is 9.47 Å². The van der Waals surface area contributed by atoms with Crippen LogP contribution in [-0.2, 0) is 10.1 Å². The largest absolute Gasteiger partial charge is 0.573 e. The van der Waals surface area contributed by atoms with Gasteiger partial charge in [-0.05, 0) is 12.5 Å². The summed E-state index contributed by atoms with van der Waals surface area (Å²) in [5, 5.41) is 0.104. The van der Waals surface area contributed by atoms with E-state index in [9.17, 15) is 18.0 Å². The van der Waals surface area contributed by atoms with Crippen molar-refractivity contribution in [2.24, 2.45) is 0 Å². The van der Waals surface area contributed by atoms with Crippen LogP contribution in [0.25, 0.3) is 0 Å². The van der Waals surface area contributed by atoms with E-state index in [0.717, 1.165) is 7.11 Å². The number of methoxy groups -OCH3 is 1. The molecule has 0 aliphatic heterocycles. The second-order valence-electron chi connectivity index (χ2n) is 3.40. The number of alkyl halides is 4. The lowest BCUT2D eigenvalue weighted by Crippen LogP contribution is -2.21. The Labute approximate surface area is 121 Å². The molecule has 1 aromatic rings. The average Bonchev–Trinajstić information content (AvgIpc) is 2.36. The van der Waals surface area contributed by atoms with Gasteiger partial charge in [-0.1, -0.05) is 15.9 Å². The van der Waals surface area contributed by atoms with Gasteiger partial charge in [0.15, 0.2) is 0 Å². The maximum absolute atomic E-state index is 12.5. The van der Waals surface area contributed by atoms with Crippen LogP contribution in [0.4, 0.5) is 13.2 Å². The van der Waals surface area contributed by atoms with Crippen molar-refractivity contribution in [1.29, 1.82) is 0 Å². The van der Waals surface area contributed by atoms with Crippen molar-refractivity contribution in [1.82, 2.24) is 4.98 Å². The van der Waals surface area contributed by atoms with Crippen molar-refractivity contribution in [3.05, 3.63) is 17.3 Å². The van der Waals surface area contributed by atoms with Gasteiger partial charge in [-0.2, -0.15) is 0 Å². The van der Waals surface area contributed by atoms with Crippen LogP contribution in [0.2, 0.25) is 0 Å². The summed E-state index contributed by atoms with van der Waals surface area (Å²) in [4.78, 5) is 15.5. The van der Waals surface area contributed by atoms with E-state index in [1.807, 2.05) is 0 Å². The zero-order chi connectivity index (χ0) is 15.3. The fraction of sp³-hybridized carbons (Fsp3) is 0.455. The maximum atomic E-state index is 12.5. The Bertz CT molecular complexity index is 493.